The molecule has 1 heterocycles. The third kappa shape index (κ3) is 3.26. The van der Waals surface area contributed by atoms with Gasteiger partial charge in [0.25, 0.3) is 0 Å². The van der Waals surface area contributed by atoms with E-state index in [1.807, 2.05) is 0 Å². The average Bonchev–Trinajstić information content (AvgIpc) is 2.54. The van der Waals surface area contributed by atoms with Gasteiger partial charge in [0.15, 0.2) is 0 Å². The predicted molar refractivity (Wildman–Crippen MR) is 84.2 cm³/mol. The molecule has 0 spiro atoms. The van der Waals surface area contributed by atoms with Gasteiger partial charge in [0, 0.05) is 13.0 Å². The number of fused-ring (bicyclic) bond motifs is 1. The molecule has 0 aliphatic heterocycles. The van der Waals surface area contributed by atoms with Crippen molar-refractivity contribution in [2.24, 2.45) is 0 Å². The van der Waals surface area contributed by atoms with Gasteiger partial charge in [-0.05, 0) is 17.7 Å². The fourth-order valence-electron chi connectivity index (χ4n) is 2.47. The van der Waals surface area contributed by atoms with Crippen LogP contribution in [0.5, 0.6) is 5.75 Å². The first-order chi connectivity index (χ1) is 11.8. The van der Waals surface area contributed by atoms with Crippen molar-refractivity contribution in [3.05, 3.63) is 64.5 Å². The second-order valence-electron chi connectivity index (χ2n) is 5.25. The van der Waals surface area contributed by atoms with Crippen LogP contribution in [0.1, 0.15) is 12.7 Å². The van der Waals surface area contributed by atoms with Crippen molar-refractivity contribution >= 4 is 16.9 Å². The molecule has 4 nitrogen and oxygen atoms in total. The van der Waals surface area contributed by atoms with Crippen LogP contribution in [0.3, 0.4) is 0 Å². The number of benzene rings is 2. The average molecular weight is 348 g/mol. The highest BCUT2D eigenvalue weighted by Crippen LogP contribution is 2.37. The van der Waals surface area contributed by atoms with Crippen LogP contribution in [0, 0.1) is 0 Å². The van der Waals surface area contributed by atoms with E-state index in [9.17, 15) is 22.8 Å². The fraction of sp³-hybridized carbons (Fsp3) is 0.111. The van der Waals surface area contributed by atoms with Crippen molar-refractivity contribution in [2.45, 2.75) is 13.1 Å². The molecule has 0 unspecified atom stereocenters. The van der Waals surface area contributed by atoms with Crippen LogP contribution in [0.2, 0.25) is 0 Å². The Morgan fingerprint density at radius 2 is 1.76 bits per heavy atom. The summed E-state index contributed by atoms with van der Waals surface area (Å²) >= 11 is 0. The van der Waals surface area contributed by atoms with E-state index in [0.29, 0.717) is 0 Å². The first-order valence-corrected chi connectivity index (χ1v) is 7.19. The van der Waals surface area contributed by atoms with Gasteiger partial charge >= 0.3 is 12.1 Å². The number of esters is 1. The minimum atomic E-state index is -4.87. The molecule has 3 aromatic rings. The first-order valence-electron chi connectivity index (χ1n) is 7.19. The van der Waals surface area contributed by atoms with E-state index in [2.05, 4.69) is 0 Å². The molecule has 0 fully saturated rings. The van der Waals surface area contributed by atoms with E-state index in [4.69, 9.17) is 9.15 Å². The zero-order chi connectivity index (χ0) is 18.2. The summed E-state index contributed by atoms with van der Waals surface area (Å²) in [7, 11) is 0. The van der Waals surface area contributed by atoms with E-state index in [1.165, 1.54) is 36.4 Å². The minimum Gasteiger partial charge on any atom is -0.450 e. The molecule has 0 amide bonds. The van der Waals surface area contributed by atoms with E-state index >= 15 is 0 Å². The van der Waals surface area contributed by atoms with E-state index < -0.39 is 28.9 Å². The molecule has 128 valence electrons. The highest BCUT2D eigenvalue weighted by Gasteiger charge is 2.39. The fourth-order valence-corrected chi connectivity index (χ4v) is 2.47. The zero-order valence-electron chi connectivity index (χ0n) is 12.9. The lowest BCUT2D eigenvalue weighted by Crippen LogP contribution is -2.16. The molecular weight excluding hydrogens is 337 g/mol. The minimum absolute atomic E-state index is 0.0104. The van der Waals surface area contributed by atoms with Crippen LogP contribution in [0.4, 0.5) is 13.2 Å². The Morgan fingerprint density at radius 1 is 1.08 bits per heavy atom. The lowest BCUT2D eigenvalue weighted by molar-refractivity contribution is -0.152. The van der Waals surface area contributed by atoms with Gasteiger partial charge in [0.2, 0.25) is 11.2 Å². The summed E-state index contributed by atoms with van der Waals surface area (Å²) in [6.07, 6.45) is -4.87. The maximum absolute atomic E-state index is 13.4. The third-order valence-corrected chi connectivity index (χ3v) is 3.45. The summed E-state index contributed by atoms with van der Waals surface area (Å²) in [6.45, 7) is 1.15. The molecule has 3 rings (SSSR count). The highest BCUT2D eigenvalue weighted by atomic mass is 19.4. The van der Waals surface area contributed by atoms with Crippen LogP contribution in [-0.2, 0) is 11.0 Å². The van der Waals surface area contributed by atoms with Gasteiger partial charge in [-0.1, -0.05) is 30.3 Å². The molecule has 0 saturated carbocycles. The summed E-state index contributed by atoms with van der Waals surface area (Å²) in [5.74, 6) is -2.04. The Kier molecular flexibility index (Phi) is 4.08. The Morgan fingerprint density at radius 3 is 2.36 bits per heavy atom. The quantitative estimate of drug-likeness (QED) is 0.509. The van der Waals surface area contributed by atoms with Gasteiger partial charge in [-0.15, -0.1) is 0 Å². The lowest BCUT2D eigenvalue weighted by Gasteiger charge is -2.13. The number of ether oxygens (including phenoxy) is 1. The smallest absolute Gasteiger partial charge is 0.450 e. The summed E-state index contributed by atoms with van der Waals surface area (Å²) in [5.41, 5.74) is -1.57. The molecule has 25 heavy (non-hydrogen) atoms. The van der Waals surface area contributed by atoms with E-state index in [-0.39, 0.29) is 22.3 Å². The molecule has 0 aliphatic rings. The van der Waals surface area contributed by atoms with Gasteiger partial charge in [-0.2, -0.15) is 13.2 Å². The maximum atomic E-state index is 13.4. The standard InChI is InChI=1S/C18H11F3O4/c1-10(22)24-12-7-8-13-14(9-12)25-17(18(19,20)21)15(16(13)23)11-5-3-2-4-6-11/h2-9H,1H3. The first kappa shape index (κ1) is 16.8. The van der Waals surface area contributed by atoms with Crippen LogP contribution >= 0.6 is 0 Å². The number of hydrogen-bond donors (Lipinski definition) is 0. The van der Waals surface area contributed by atoms with Gasteiger partial charge in [-0.25, -0.2) is 0 Å². The second kappa shape index (κ2) is 6.08. The number of carbonyl (C=O) groups excluding carboxylic acids is 1. The normalized spacial score (nSPS) is 11.5. The molecule has 7 heteroatoms. The maximum Gasteiger partial charge on any atom is 0.450 e. The highest BCUT2D eigenvalue weighted by molar-refractivity contribution is 5.84. The van der Waals surface area contributed by atoms with Crippen molar-refractivity contribution in [2.75, 3.05) is 0 Å². The molecule has 2 aromatic carbocycles. The van der Waals surface area contributed by atoms with Crippen molar-refractivity contribution < 1.29 is 27.1 Å². The molecular formula is C18H11F3O4. The zero-order valence-corrected chi connectivity index (χ0v) is 12.9. The summed E-state index contributed by atoms with van der Waals surface area (Å²) < 4.78 is 50.1. The molecule has 0 atom stereocenters. The monoisotopic (exact) mass is 348 g/mol. The Hall–Kier alpha value is -3.09. The van der Waals surface area contributed by atoms with Gasteiger partial charge in [0.1, 0.15) is 11.3 Å². The topological polar surface area (TPSA) is 56.5 Å². The largest absolute Gasteiger partial charge is 0.450 e. The molecule has 0 N–H and O–H groups in total. The van der Waals surface area contributed by atoms with Crippen molar-refractivity contribution in [1.82, 2.24) is 0 Å². The van der Waals surface area contributed by atoms with Crippen LogP contribution in [0.15, 0.2) is 57.7 Å². The third-order valence-electron chi connectivity index (χ3n) is 3.45. The van der Waals surface area contributed by atoms with E-state index in [0.717, 1.165) is 13.0 Å². The summed E-state index contributed by atoms with van der Waals surface area (Å²) in [6, 6.07) is 11.2. The van der Waals surface area contributed by atoms with Crippen LogP contribution in [-0.4, -0.2) is 5.97 Å². The van der Waals surface area contributed by atoms with Crippen molar-refractivity contribution in [3.63, 3.8) is 0 Å². The van der Waals surface area contributed by atoms with Crippen LogP contribution in [0.25, 0.3) is 22.1 Å². The summed E-state index contributed by atoms with van der Waals surface area (Å²) in [5, 5.41) is -0.0391. The Bertz CT molecular complexity index is 1000. The van der Waals surface area contributed by atoms with E-state index in [1.54, 1.807) is 6.07 Å². The van der Waals surface area contributed by atoms with Gasteiger partial charge in [-0.3, -0.25) is 9.59 Å². The number of alkyl halides is 3. The Balaban J connectivity index is 2.34. The summed E-state index contributed by atoms with van der Waals surface area (Å²) in [4.78, 5) is 23.6. The number of hydrogen-bond acceptors (Lipinski definition) is 4. The number of halogens is 3. The lowest BCUT2D eigenvalue weighted by atomic mass is 10.0. The van der Waals surface area contributed by atoms with Crippen LogP contribution < -0.4 is 10.2 Å². The van der Waals surface area contributed by atoms with Crippen molar-refractivity contribution in [1.29, 1.82) is 0 Å². The molecule has 0 bridgehead atoms. The molecule has 0 aliphatic carbocycles. The molecule has 1 aromatic heterocycles. The van der Waals surface area contributed by atoms with Crippen molar-refractivity contribution in [3.8, 4) is 16.9 Å². The molecule has 0 radical (unpaired) electrons. The van der Waals surface area contributed by atoms with Gasteiger partial charge in [0.05, 0.1) is 10.9 Å². The number of rotatable bonds is 2. The Labute approximate surface area is 139 Å². The van der Waals surface area contributed by atoms with Gasteiger partial charge < -0.3 is 9.15 Å². The molecule has 0 saturated heterocycles. The number of carbonyl (C=O) groups is 1. The predicted octanol–water partition coefficient (Wildman–Crippen LogP) is 4.40. The second-order valence-corrected chi connectivity index (χ2v) is 5.25. The SMILES string of the molecule is CC(=O)Oc1ccc2c(=O)c(-c3ccccc3)c(C(F)(F)F)oc2c1.